The van der Waals surface area contributed by atoms with Crippen molar-refractivity contribution in [3.8, 4) is 6.07 Å². The minimum Gasteiger partial charge on any atom is -0.381 e. The Bertz CT molecular complexity index is 997. The smallest absolute Gasteiger partial charge is 0.235 e. The number of halogens is 1. The van der Waals surface area contributed by atoms with E-state index in [1.807, 2.05) is 0 Å². The molecule has 1 aliphatic heterocycles. The molecular formula is C22H27FN4O2S. The molecule has 160 valence electrons. The summed E-state index contributed by atoms with van der Waals surface area (Å²) in [5.74, 6) is -0.382. The quantitative estimate of drug-likeness (QED) is 0.668. The summed E-state index contributed by atoms with van der Waals surface area (Å²) < 4.78 is 40.5. The van der Waals surface area contributed by atoms with Gasteiger partial charge in [-0.15, -0.1) is 0 Å². The van der Waals surface area contributed by atoms with E-state index in [2.05, 4.69) is 16.7 Å². The molecule has 0 aromatic heterocycles. The number of hydrogen-bond acceptors (Lipinski definition) is 5. The largest absolute Gasteiger partial charge is 0.381 e. The lowest BCUT2D eigenvalue weighted by molar-refractivity contribution is 0.479. The van der Waals surface area contributed by atoms with Crippen LogP contribution in [0.2, 0.25) is 0 Å². The normalized spacial score (nSPS) is 14.8. The molecule has 0 unspecified atom stereocenters. The Labute approximate surface area is 177 Å². The second-order valence-electron chi connectivity index (χ2n) is 7.46. The average molecular weight is 431 g/mol. The van der Waals surface area contributed by atoms with Crippen LogP contribution in [0.25, 0.3) is 0 Å². The molecule has 0 amide bonds. The molecule has 0 spiro atoms. The van der Waals surface area contributed by atoms with Crippen LogP contribution in [0.5, 0.6) is 0 Å². The van der Waals surface area contributed by atoms with Crippen molar-refractivity contribution in [2.75, 3.05) is 28.5 Å². The highest BCUT2D eigenvalue weighted by Crippen LogP contribution is 2.28. The van der Waals surface area contributed by atoms with Crippen molar-refractivity contribution in [2.24, 2.45) is 0 Å². The highest BCUT2D eigenvalue weighted by atomic mass is 32.2. The van der Waals surface area contributed by atoms with Crippen LogP contribution in [0, 0.1) is 17.1 Å². The fraction of sp³-hybridized carbons (Fsp3) is 0.409. The first-order valence-electron chi connectivity index (χ1n) is 10.2. The number of nitriles is 1. The van der Waals surface area contributed by atoms with E-state index in [0.29, 0.717) is 28.9 Å². The number of benzene rings is 2. The summed E-state index contributed by atoms with van der Waals surface area (Å²) in [6.07, 6.45) is 2.41. The Morgan fingerprint density at radius 3 is 2.53 bits per heavy atom. The summed E-state index contributed by atoms with van der Waals surface area (Å²) >= 11 is 0. The summed E-state index contributed by atoms with van der Waals surface area (Å²) in [7, 11) is -3.60. The Morgan fingerprint density at radius 2 is 1.90 bits per heavy atom. The van der Waals surface area contributed by atoms with Gasteiger partial charge in [-0.25, -0.2) is 12.8 Å². The molecule has 0 bridgehead atoms. The molecule has 1 fully saturated rings. The van der Waals surface area contributed by atoms with Crippen LogP contribution < -0.4 is 14.9 Å². The van der Waals surface area contributed by atoms with Gasteiger partial charge in [0.25, 0.3) is 0 Å². The van der Waals surface area contributed by atoms with Crippen molar-refractivity contribution in [1.29, 1.82) is 5.26 Å². The summed E-state index contributed by atoms with van der Waals surface area (Å²) in [5, 5.41) is 16.4. The maximum atomic E-state index is 13.3. The monoisotopic (exact) mass is 430 g/mol. The van der Waals surface area contributed by atoms with Gasteiger partial charge in [0.15, 0.2) is 0 Å². The van der Waals surface area contributed by atoms with Crippen molar-refractivity contribution >= 4 is 21.4 Å². The zero-order valence-corrected chi connectivity index (χ0v) is 17.9. The van der Waals surface area contributed by atoms with E-state index in [1.54, 1.807) is 37.3 Å². The first-order chi connectivity index (χ1) is 14.4. The molecule has 0 saturated carbocycles. The molecule has 1 aliphatic rings. The molecule has 2 aromatic carbocycles. The van der Waals surface area contributed by atoms with Crippen LogP contribution >= 0.6 is 0 Å². The standard InChI is InChI=1S/C22H27FN4O2S/c1-2-13-30(28,29)27(16-17-3-5-19(23)6-4-17)21-7-8-22(18(14-21)15-24)26-20-9-11-25-12-10-20/h3-8,14,20,25-26H,2,9-13,16H2,1H3. The van der Waals surface area contributed by atoms with Crippen LogP contribution in [0.4, 0.5) is 15.8 Å². The zero-order valence-electron chi connectivity index (χ0n) is 17.1. The van der Waals surface area contributed by atoms with Crippen molar-refractivity contribution in [2.45, 2.75) is 38.8 Å². The third-order valence-corrected chi connectivity index (χ3v) is 7.08. The fourth-order valence-electron chi connectivity index (χ4n) is 3.57. The number of rotatable bonds is 8. The van der Waals surface area contributed by atoms with Crippen LogP contribution in [-0.4, -0.2) is 33.3 Å². The number of nitrogens with one attached hydrogen (secondary N) is 2. The Kier molecular flexibility index (Phi) is 7.29. The molecule has 6 nitrogen and oxygen atoms in total. The summed E-state index contributed by atoms with van der Waals surface area (Å²) in [5.41, 5.74) is 2.22. The van der Waals surface area contributed by atoms with Crippen molar-refractivity contribution in [3.05, 3.63) is 59.4 Å². The minimum absolute atomic E-state index is 0.00877. The van der Waals surface area contributed by atoms with Gasteiger partial charge in [0.2, 0.25) is 10.0 Å². The molecule has 0 aliphatic carbocycles. The fourth-order valence-corrected chi connectivity index (χ4v) is 5.08. The highest BCUT2D eigenvalue weighted by Gasteiger charge is 2.23. The van der Waals surface area contributed by atoms with Gasteiger partial charge in [-0.3, -0.25) is 4.31 Å². The Morgan fingerprint density at radius 1 is 1.20 bits per heavy atom. The number of nitrogens with zero attached hydrogens (tertiary/aromatic N) is 2. The van der Waals surface area contributed by atoms with Gasteiger partial charge in [-0.2, -0.15) is 5.26 Å². The van der Waals surface area contributed by atoms with E-state index in [0.717, 1.165) is 25.9 Å². The summed E-state index contributed by atoms with van der Waals surface area (Å²) in [6, 6.07) is 13.3. The molecule has 0 radical (unpaired) electrons. The molecule has 2 N–H and O–H groups in total. The van der Waals surface area contributed by atoms with Crippen molar-refractivity contribution < 1.29 is 12.8 Å². The SMILES string of the molecule is CCCS(=O)(=O)N(Cc1ccc(F)cc1)c1ccc(NC2CCNCC2)c(C#N)c1. The number of piperidine rings is 1. The lowest BCUT2D eigenvalue weighted by atomic mass is 10.0. The molecule has 2 aromatic rings. The molecular weight excluding hydrogens is 403 g/mol. The first-order valence-corrected chi connectivity index (χ1v) is 11.8. The minimum atomic E-state index is -3.60. The highest BCUT2D eigenvalue weighted by molar-refractivity contribution is 7.92. The van der Waals surface area contributed by atoms with E-state index < -0.39 is 10.0 Å². The second kappa shape index (κ2) is 9.92. The molecule has 30 heavy (non-hydrogen) atoms. The predicted octanol–water partition coefficient (Wildman–Crippen LogP) is 3.61. The molecule has 1 saturated heterocycles. The third-order valence-electron chi connectivity index (χ3n) is 5.15. The zero-order chi connectivity index (χ0) is 21.6. The van der Waals surface area contributed by atoms with Gasteiger partial charge in [0.1, 0.15) is 11.9 Å². The van der Waals surface area contributed by atoms with Crippen molar-refractivity contribution in [3.63, 3.8) is 0 Å². The summed E-state index contributed by atoms with van der Waals surface area (Å²) in [6.45, 7) is 3.74. The maximum absolute atomic E-state index is 13.3. The summed E-state index contributed by atoms with van der Waals surface area (Å²) in [4.78, 5) is 0. The molecule has 0 atom stereocenters. The van der Waals surface area contributed by atoms with E-state index >= 15 is 0 Å². The van der Waals surface area contributed by atoms with E-state index in [4.69, 9.17) is 0 Å². The second-order valence-corrected chi connectivity index (χ2v) is 9.47. The first kappa shape index (κ1) is 22.1. The third kappa shape index (κ3) is 5.49. The van der Waals surface area contributed by atoms with E-state index in [1.165, 1.54) is 16.4 Å². The van der Waals surface area contributed by atoms with Crippen LogP contribution in [-0.2, 0) is 16.6 Å². The maximum Gasteiger partial charge on any atom is 0.235 e. The van der Waals surface area contributed by atoms with E-state index in [9.17, 15) is 18.1 Å². The predicted molar refractivity (Wildman–Crippen MR) is 117 cm³/mol. The average Bonchev–Trinajstić information content (AvgIpc) is 2.74. The Balaban J connectivity index is 1.91. The molecule has 1 heterocycles. The molecule has 3 rings (SSSR count). The number of anilines is 2. The molecule has 8 heteroatoms. The van der Waals surface area contributed by atoms with E-state index in [-0.39, 0.29) is 24.2 Å². The van der Waals surface area contributed by atoms with Gasteiger partial charge in [0, 0.05) is 6.04 Å². The van der Waals surface area contributed by atoms with Gasteiger partial charge in [-0.05, 0) is 68.2 Å². The van der Waals surface area contributed by atoms with Gasteiger partial charge in [-0.1, -0.05) is 19.1 Å². The van der Waals surface area contributed by atoms with Crippen molar-refractivity contribution in [1.82, 2.24) is 5.32 Å². The Hall–Kier alpha value is -2.63. The van der Waals surface area contributed by atoms with Gasteiger partial charge < -0.3 is 10.6 Å². The van der Waals surface area contributed by atoms with Gasteiger partial charge in [0.05, 0.1) is 29.2 Å². The van der Waals surface area contributed by atoms with Crippen LogP contribution in [0.15, 0.2) is 42.5 Å². The lowest BCUT2D eigenvalue weighted by Gasteiger charge is -2.27. The number of sulfonamides is 1. The lowest BCUT2D eigenvalue weighted by Crippen LogP contribution is -2.35. The number of hydrogen-bond donors (Lipinski definition) is 2. The van der Waals surface area contributed by atoms with Crippen LogP contribution in [0.3, 0.4) is 0 Å². The van der Waals surface area contributed by atoms with Crippen LogP contribution in [0.1, 0.15) is 37.3 Å². The topological polar surface area (TPSA) is 85.2 Å². The van der Waals surface area contributed by atoms with Gasteiger partial charge >= 0.3 is 0 Å².